The summed E-state index contributed by atoms with van der Waals surface area (Å²) in [4.78, 5) is 10.2. The molecule has 0 unspecified atom stereocenters. The van der Waals surface area contributed by atoms with Gasteiger partial charge in [-0.3, -0.25) is 0 Å². The van der Waals surface area contributed by atoms with Gasteiger partial charge in [0.25, 0.3) is 0 Å². The first-order valence-electron chi connectivity index (χ1n) is 4.25. The van der Waals surface area contributed by atoms with Crippen LogP contribution in [0.25, 0.3) is 0 Å². The topological polar surface area (TPSA) is 37.3 Å². The summed E-state index contributed by atoms with van der Waals surface area (Å²) in [5.41, 5.74) is 0. The van der Waals surface area contributed by atoms with Crippen molar-refractivity contribution in [2.45, 2.75) is 39.0 Å². The van der Waals surface area contributed by atoms with Crippen LogP contribution in [0.1, 0.15) is 39.0 Å². The predicted molar refractivity (Wildman–Crippen MR) is 58.5 cm³/mol. The van der Waals surface area contributed by atoms with Crippen LogP contribution in [-0.2, 0) is 4.79 Å². The number of carboxylic acids is 1. The molecule has 0 aromatic rings. The lowest BCUT2D eigenvalue weighted by atomic mass is 10.1. The first-order chi connectivity index (χ1) is 5.66. The third-order valence-electron chi connectivity index (χ3n) is 1.55. The summed E-state index contributed by atoms with van der Waals surface area (Å²) >= 11 is 2.09. The maximum Gasteiger partial charge on any atom is 0.329 e. The van der Waals surface area contributed by atoms with Gasteiger partial charge in [0.05, 0.1) is 0 Å². The number of rotatable bonds is 6. The van der Waals surface area contributed by atoms with Crippen LogP contribution in [0.3, 0.4) is 0 Å². The first kappa shape index (κ1) is 11.9. The molecule has 0 amide bonds. The molecule has 2 nitrogen and oxygen atoms in total. The Kier molecular flexibility index (Phi) is 7.54. The van der Waals surface area contributed by atoms with Crippen molar-refractivity contribution in [3.63, 3.8) is 0 Å². The molecule has 0 fully saturated rings. The predicted octanol–water partition coefficient (Wildman–Crippen LogP) is 3.36. The first-order valence-corrected chi connectivity index (χ1v) is 5.33. The van der Waals surface area contributed by atoms with E-state index in [4.69, 9.17) is 5.11 Å². The van der Waals surface area contributed by atoms with Gasteiger partial charge in [-0.1, -0.05) is 26.2 Å². The molecule has 0 saturated carbocycles. The normalized spacial score (nSPS) is 11.7. The van der Waals surface area contributed by atoms with Crippen LogP contribution in [0.2, 0.25) is 0 Å². The molecule has 0 bridgehead atoms. The van der Waals surface area contributed by atoms with E-state index in [1.54, 1.807) is 0 Å². The van der Waals surface area contributed by atoms with E-state index in [-0.39, 0.29) is 0 Å². The lowest BCUT2D eigenvalue weighted by Gasteiger charge is -1.97. The van der Waals surface area contributed by atoms with Gasteiger partial charge in [-0.2, -0.15) is 0 Å². The molecular formula is C9H15IO2. The highest BCUT2D eigenvalue weighted by molar-refractivity contribution is 14.1. The van der Waals surface area contributed by atoms with Crippen LogP contribution in [-0.4, -0.2) is 11.1 Å². The van der Waals surface area contributed by atoms with Crippen LogP contribution in [0.15, 0.2) is 9.66 Å². The van der Waals surface area contributed by atoms with Gasteiger partial charge in [-0.25, -0.2) is 4.79 Å². The van der Waals surface area contributed by atoms with Gasteiger partial charge in [0.1, 0.15) is 0 Å². The quantitative estimate of drug-likeness (QED) is 0.461. The number of halogens is 1. The standard InChI is InChI=1S/C9H15IO2/c1-2-3-4-5-6-8(10)7-9(11)12/h7H,2-6H2,1H3,(H,11,12)/b8-7-. The summed E-state index contributed by atoms with van der Waals surface area (Å²) in [6.45, 7) is 2.16. The van der Waals surface area contributed by atoms with Crippen molar-refractivity contribution in [1.29, 1.82) is 0 Å². The van der Waals surface area contributed by atoms with Gasteiger partial charge < -0.3 is 5.11 Å². The second-order valence-corrected chi connectivity index (χ2v) is 4.13. The molecule has 3 heteroatoms. The second kappa shape index (κ2) is 7.58. The highest BCUT2D eigenvalue weighted by Gasteiger charge is 1.95. The van der Waals surface area contributed by atoms with Crippen molar-refractivity contribution < 1.29 is 9.90 Å². The van der Waals surface area contributed by atoms with E-state index in [1.807, 2.05) is 0 Å². The van der Waals surface area contributed by atoms with Crippen LogP contribution in [0.4, 0.5) is 0 Å². The molecule has 1 N–H and O–H groups in total. The van der Waals surface area contributed by atoms with Gasteiger partial charge in [-0.05, 0) is 39.0 Å². The van der Waals surface area contributed by atoms with E-state index < -0.39 is 5.97 Å². The Morgan fingerprint density at radius 3 is 2.58 bits per heavy atom. The molecule has 0 spiro atoms. The van der Waals surface area contributed by atoms with Crippen LogP contribution < -0.4 is 0 Å². The van der Waals surface area contributed by atoms with Crippen LogP contribution >= 0.6 is 22.6 Å². The van der Waals surface area contributed by atoms with Crippen molar-refractivity contribution in [2.75, 3.05) is 0 Å². The zero-order valence-electron chi connectivity index (χ0n) is 7.35. The number of hydrogen-bond donors (Lipinski definition) is 1. The number of hydrogen-bond acceptors (Lipinski definition) is 1. The number of allylic oxidation sites excluding steroid dienone is 1. The highest BCUT2D eigenvalue weighted by Crippen LogP contribution is 2.15. The third-order valence-corrected chi connectivity index (χ3v) is 2.40. The van der Waals surface area contributed by atoms with Gasteiger partial charge in [-0.15, -0.1) is 0 Å². The fraction of sp³-hybridized carbons (Fsp3) is 0.667. The average molecular weight is 282 g/mol. The Morgan fingerprint density at radius 1 is 1.42 bits per heavy atom. The summed E-state index contributed by atoms with van der Waals surface area (Å²) in [5.74, 6) is -0.838. The van der Waals surface area contributed by atoms with E-state index in [1.165, 1.54) is 25.3 Å². The molecule has 0 aliphatic rings. The van der Waals surface area contributed by atoms with Gasteiger partial charge >= 0.3 is 5.97 Å². The molecule has 70 valence electrons. The minimum absolute atomic E-state index is 0.838. The van der Waals surface area contributed by atoms with E-state index in [0.29, 0.717) is 0 Å². The van der Waals surface area contributed by atoms with Crippen molar-refractivity contribution in [3.05, 3.63) is 9.66 Å². The molecule has 0 saturated heterocycles. The maximum atomic E-state index is 10.2. The Labute approximate surface area is 87.2 Å². The lowest BCUT2D eigenvalue weighted by Crippen LogP contribution is -1.88. The Hall–Kier alpha value is -0.0600. The Morgan fingerprint density at radius 2 is 2.08 bits per heavy atom. The molecule has 0 atom stereocenters. The number of carbonyl (C=O) groups is 1. The Bertz CT molecular complexity index is 164. The Balaban J connectivity index is 3.43. The molecule has 0 rings (SSSR count). The minimum atomic E-state index is -0.838. The molecule has 0 aliphatic heterocycles. The average Bonchev–Trinajstić information content (AvgIpc) is 1.97. The summed E-state index contributed by atoms with van der Waals surface area (Å²) in [6, 6.07) is 0. The summed E-state index contributed by atoms with van der Waals surface area (Å²) in [7, 11) is 0. The highest BCUT2D eigenvalue weighted by atomic mass is 127. The summed E-state index contributed by atoms with van der Waals surface area (Å²) in [6.07, 6.45) is 6.97. The summed E-state index contributed by atoms with van der Waals surface area (Å²) < 4.78 is 0.941. The molecule has 0 radical (unpaired) electrons. The zero-order valence-corrected chi connectivity index (χ0v) is 9.50. The maximum absolute atomic E-state index is 10.2. The number of aliphatic carboxylic acids is 1. The van der Waals surface area contributed by atoms with E-state index in [9.17, 15) is 4.79 Å². The van der Waals surface area contributed by atoms with E-state index >= 15 is 0 Å². The second-order valence-electron chi connectivity index (χ2n) is 2.74. The van der Waals surface area contributed by atoms with Crippen LogP contribution in [0.5, 0.6) is 0 Å². The van der Waals surface area contributed by atoms with Crippen molar-refractivity contribution in [1.82, 2.24) is 0 Å². The molecular weight excluding hydrogens is 267 g/mol. The number of unbranched alkanes of at least 4 members (excludes halogenated alkanes) is 3. The molecule has 0 aliphatic carbocycles. The minimum Gasteiger partial charge on any atom is -0.478 e. The van der Waals surface area contributed by atoms with Crippen molar-refractivity contribution in [3.8, 4) is 0 Å². The van der Waals surface area contributed by atoms with Gasteiger partial charge in [0.15, 0.2) is 0 Å². The van der Waals surface area contributed by atoms with Crippen molar-refractivity contribution >= 4 is 28.6 Å². The molecule has 0 heterocycles. The monoisotopic (exact) mass is 282 g/mol. The number of carboxylic acid groups (broad SMARTS) is 1. The third kappa shape index (κ3) is 8.04. The molecule has 12 heavy (non-hydrogen) atoms. The molecule has 0 aromatic heterocycles. The van der Waals surface area contributed by atoms with E-state index in [2.05, 4.69) is 29.5 Å². The fourth-order valence-electron chi connectivity index (χ4n) is 0.927. The zero-order chi connectivity index (χ0) is 9.40. The fourth-order valence-corrected chi connectivity index (χ4v) is 1.57. The largest absolute Gasteiger partial charge is 0.478 e. The molecule has 0 aromatic carbocycles. The summed E-state index contributed by atoms with van der Waals surface area (Å²) in [5, 5.41) is 8.41. The van der Waals surface area contributed by atoms with Gasteiger partial charge in [0, 0.05) is 6.08 Å². The smallest absolute Gasteiger partial charge is 0.329 e. The van der Waals surface area contributed by atoms with E-state index in [0.717, 1.165) is 16.4 Å². The SMILES string of the molecule is CCCCCC/C(I)=C/C(=O)O. The lowest BCUT2D eigenvalue weighted by molar-refractivity contribution is -0.131. The van der Waals surface area contributed by atoms with Crippen molar-refractivity contribution in [2.24, 2.45) is 0 Å². The van der Waals surface area contributed by atoms with Gasteiger partial charge in [0.2, 0.25) is 0 Å². The van der Waals surface area contributed by atoms with Crippen LogP contribution in [0, 0.1) is 0 Å².